The fourth-order valence-electron chi connectivity index (χ4n) is 4.06. The Labute approximate surface area is 157 Å². The minimum Gasteiger partial charge on any atom is -0.324 e. The van der Waals surface area contributed by atoms with Crippen LogP contribution in [0.4, 0.5) is 20.6 Å². The van der Waals surface area contributed by atoms with Gasteiger partial charge >= 0.3 is 6.03 Å². The zero-order valence-electron chi connectivity index (χ0n) is 15.2. The summed E-state index contributed by atoms with van der Waals surface area (Å²) in [4.78, 5) is 28.6. The number of carbonyl (C=O) groups is 2. The van der Waals surface area contributed by atoms with Crippen molar-refractivity contribution in [2.24, 2.45) is 5.41 Å². The molecule has 4 rings (SSSR count). The molecule has 1 N–H and O–H groups in total. The number of nitrogens with one attached hydrogen (secondary N) is 1. The number of urea groups is 1. The van der Waals surface area contributed by atoms with Crippen molar-refractivity contribution < 1.29 is 14.0 Å². The quantitative estimate of drug-likeness (QED) is 0.878. The van der Waals surface area contributed by atoms with E-state index in [1.165, 1.54) is 12.1 Å². The van der Waals surface area contributed by atoms with Crippen LogP contribution in [-0.2, 0) is 4.79 Å². The first-order valence-electron chi connectivity index (χ1n) is 9.13. The molecule has 0 unspecified atom stereocenters. The van der Waals surface area contributed by atoms with Crippen LogP contribution in [0, 0.1) is 18.2 Å². The van der Waals surface area contributed by atoms with Crippen LogP contribution in [0.2, 0.25) is 0 Å². The number of nitrogens with zero attached hydrogens (tertiary/aromatic N) is 2. The molecule has 2 aromatic carbocycles. The maximum Gasteiger partial charge on any atom is 0.321 e. The summed E-state index contributed by atoms with van der Waals surface area (Å²) >= 11 is 0. The van der Waals surface area contributed by atoms with E-state index in [-0.39, 0.29) is 23.2 Å². The maximum absolute atomic E-state index is 13.2. The minimum absolute atomic E-state index is 0.0301. The first-order chi connectivity index (χ1) is 12.9. The number of rotatable bonds is 2. The summed E-state index contributed by atoms with van der Waals surface area (Å²) in [7, 11) is 0. The van der Waals surface area contributed by atoms with Gasteiger partial charge in [0.05, 0.1) is 0 Å². The average molecular weight is 367 g/mol. The molecule has 2 saturated heterocycles. The first kappa shape index (κ1) is 17.5. The number of halogens is 1. The molecule has 27 heavy (non-hydrogen) atoms. The molecule has 6 heteroatoms. The lowest BCUT2D eigenvalue weighted by Gasteiger charge is -2.24. The predicted octanol–water partition coefficient (Wildman–Crippen LogP) is 3.80. The zero-order chi connectivity index (χ0) is 19.0. The van der Waals surface area contributed by atoms with Crippen LogP contribution in [0.25, 0.3) is 0 Å². The smallest absolute Gasteiger partial charge is 0.321 e. The molecule has 5 nitrogen and oxygen atoms in total. The topological polar surface area (TPSA) is 52.7 Å². The van der Waals surface area contributed by atoms with Gasteiger partial charge in [-0.2, -0.15) is 0 Å². The van der Waals surface area contributed by atoms with E-state index in [1.807, 2.05) is 31.2 Å². The number of likely N-dealkylation sites (tertiary alicyclic amines) is 1. The Hall–Kier alpha value is -2.89. The van der Waals surface area contributed by atoms with Crippen LogP contribution in [-0.4, -0.2) is 36.5 Å². The third kappa shape index (κ3) is 3.52. The number of carbonyl (C=O) groups excluding carboxylic acids is 2. The Kier molecular flexibility index (Phi) is 4.34. The Morgan fingerprint density at radius 3 is 2.67 bits per heavy atom. The molecule has 1 atom stereocenters. The summed E-state index contributed by atoms with van der Waals surface area (Å²) in [6.07, 6.45) is 1.20. The van der Waals surface area contributed by atoms with E-state index in [2.05, 4.69) is 5.32 Å². The van der Waals surface area contributed by atoms with Crippen LogP contribution in [0.5, 0.6) is 0 Å². The van der Waals surface area contributed by atoms with E-state index < -0.39 is 0 Å². The summed E-state index contributed by atoms with van der Waals surface area (Å²) in [5.41, 5.74) is 2.34. The van der Waals surface area contributed by atoms with Gasteiger partial charge in [0.2, 0.25) is 5.91 Å². The number of hydrogen-bond acceptors (Lipinski definition) is 2. The van der Waals surface area contributed by atoms with Crippen molar-refractivity contribution in [1.29, 1.82) is 0 Å². The third-order valence-electron chi connectivity index (χ3n) is 5.45. The lowest BCUT2D eigenvalue weighted by atomic mass is 9.86. The third-order valence-corrected chi connectivity index (χ3v) is 5.45. The van der Waals surface area contributed by atoms with E-state index in [9.17, 15) is 14.0 Å². The largest absolute Gasteiger partial charge is 0.324 e. The molecular weight excluding hydrogens is 345 g/mol. The molecule has 2 fully saturated rings. The van der Waals surface area contributed by atoms with E-state index in [0.717, 1.165) is 17.7 Å². The molecule has 140 valence electrons. The van der Waals surface area contributed by atoms with Gasteiger partial charge in [0.1, 0.15) is 5.82 Å². The number of amides is 3. The molecule has 2 heterocycles. The number of anilines is 2. The van der Waals surface area contributed by atoms with E-state index in [1.54, 1.807) is 21.9 Å². The number of benzene rings is 2. The second-order valence-corrected chi connectivity index (χ2v) is 7.60. The molecule has 2 aliphatic rings. The second kappa shape index (κ2) is 6.68. The van der Waals surface area contributed by atoms with Gasteiger partial charge in [-0.05, 0) is 55.3 Å². The van der Waals surface area contributed by atoms with Crippen molar-refractivity contribution >= 4 is 23.3 Å². The molecule has 0 aromatic heterocycles. The van der Waals surface area contributed by atoms with Crippen molar-refractivity contribution in [3.63, 3.8) is 0 Å². The van der Waals surface area contributed by atoms with Gasteiger partial charge in [0, 0.05) is 42.8 Å². The minimum atomic E-state index is -0.319. The molecule has 3 amide bonds. The summed E-state index contributed by atoms with van der Waals surface area (Å²) < 4.78 is 13.2. The van der Waals surface area contributed by atoms with Gasteiger partial charge in [-0.3, -0.25) is 4.79 Å². The lowest BCUT2D eigenvalue weighted by molar-refractivity contribution is -0.117. The van der Waals surface area contributed by atoms with Crippen molar-refractivity contribution in [3.8, 4) is 0 Å². The molecule has 2 aromatic rings. The first-order valence-corrected chi connectivity index (χ1v) is 9.13. The van der Waals surface area contributed by atoms with E-state index in [0.29, 0.717) is 31.7 Å². The van der Waals surface area contributed by atoms with Crippen LogP contribution in [0.3, 0.4) is 0 Å². The summed E-state index contributed by atoms with van der Waals surface area (Å²) in [6.45, 7) is 3.72. The second-order valence-electron chi connectivity index (χ2n) is 7.60. The maximum atomic E-state index is 13.2. The molecular formula is C21H22FN3O2. The van der Waals surface area contributed by atoms with Gasteiger partial charge < -0.3 is 15.1 Å². The van der Waals surface area contributed by atoms with E-state index >= 15 is 0 Å². The Morgan fingerprint density at radius 1 is 1.15 bits per heavy atom. The van der Waals surface area contributed by atoms with Crippen LogP contribution < -0.4 is 10.2 Å². The SMILES string of the molecule is Cc1cccc(NC(=O)N2CC[C@@]3(CC(=O)N(c4ccc(F)cc4)C3)C2)c1. The molecule has 2 aliphatic heterocycles. The predicted molar refractivity (Wildman–Crippen MR) is 102 cm³/mol. The number of aryl methyl sites for hydroxylation is 1. The highest BCUT2D eigenvalue weighted by molar-refractivity contribution is 5.97. The normalized spacial score (nSPS) is 21.9. The highest BCUT2D eigenvalue weighted by atomic mass is 19.1. The molecule has 0 bridgehead atoms. The molecule has 0 radical (unpaired) electrons. The molecule has 0 saturated carbocycles. The van der Waals surface area contributed by atoms with Gasteiger partial charge in [-0.15, -0.1) is 0 Å². The summed E-state index contributed by atoms with van der Waals surface area (Å²) in [5, 5.41) is 2.94. The Morgan fingerprint density at radius 2 is 1.93 bits per heavy atom. The monoisotopic (exact) mass is 367 g/mol. The van der Waals surface area contributed by atoms with Gasteiger partial charge in [0.15, 0.2) is 0 Å². The van der Waals surface area contributed by atoms with Crippen molar-refractivity contribution in [2.45, 2.75) is 19.8 Å². The summed E-state index contributed by atoms with van der Waals surface area (Å²) in [5.74, 6) is -0.289. The van der Waals surface area contributed by atoms with Crippen molar-refractivity contribution in [2.75, 3.05) is 29.9 Å². The van der Waals surface area contributed by atoms with Crippen molar-refractivity contribution in [3.05, 3.63) is 59.9 Å². The van der Waals surface area contributed by atoms with Gasteiger partial charge in [-0.25, -0.2) is 9.18 Å². The number of hydrogen-bond donors (Lipinski definition) is 1. The highest BCUT2D eigenvalue weighted by Crippen LogP contribution is 2.42. The lowest BCUT2D eigenvalue weighted by Crippen LogP contribution is -2.36. The molecule has 0 aliphatic carbocycles. The van der Waals surface area contributed by atoms with E-state index in [4.69, 9.17) is 0 Å². The Balaban J connectivity index is 1.43. The fourth-order valence-corrected chi connectivity index (χ4v) is 4.06. The highest BCUT2D eigenvalue weighted by Gasteiger charge is 2.48. The Bertz CT molecular complexity index is 883. The van der Waals surface area contributed by atoms with Crippen molar-refractivity contribution in [1.82, 2.24) is 4.90 Å². The van der Waals surface area contributed by atoms with Gasteiger partial charge in [-0.1, -0.05) is 12.1 Å². The standard InChI is InChI=1S/C21H22FN3O2/c1-15-3-2-4-17(11-15)23-20(27)24-10-9-21(13-24)12-19(26)25(14-21)18-7-5-16(22)6-8-18/h2-8,11H,9-10,12-14H2,1H3,(H,23,27)/t21-/m1/s1. The zero-order valence-corrected chi connectivity index (χ0v) is 15.2. The fraction of sp³-hybridized carbons (Fsp3) is 0.333. The van der Waals surface area contributed by atoms with Crippen LogP contribution in [0.1, 0.15) is 18.4 Å². The van der Waals surface area contributed by atoms with Crippen LogP contribution in [0.15, 0.2) is 48.5 Å². The average Bonchev–Trinajstić information content (AvgIpc) is 3.19. The van der Waals surface area contributed by atoms with Gasteiger partial charge in [0.25, 0.3) is 0 Å². The summed E-state index contributed by atoms with van der Waals surface area (Å²) in [6, 6.07) is 13.5. The molecule has 1 spiro atoms. The van der Waals surface area contributed by atoms with Crippen LogP contribution >= 0.6 is 0 Å².